The summed E-state index contributed by atoms with van der Waals surface area (Å²) in [5.74, 6) is 0.780. The molecule has 6 heteroatoms. The van der Waals surface area contributed by atoms with E-state index >= 15 is 0 Å². The number of hydrogen-bond acceptors (Lipinski definition) is 4. The van der Waals surface area contributed by atoms with E-state index in [1.807, 2.05) is 53.4 Å². The summed E-state index contributed by atoms with van der Waals surface area (Å²) in [7, 11) is 1.65. The fraction of sp³-hybridized carbons (Fsp3) is 0.154. The number of aromatic nitrogens is 2. The van der Waals surface area contributed by atoms with Crippen LogP contribution in [0.25, 0.3) is 11.3 Å². The van der Waals surface area contributed by atoms with Crippen molar-refractivity contribution in [1.29, 1.82) is 0 Å². The summed E-state index contributed by atoms with van der Waals surface area (Å²) in [6.45, 7) is 2.54. The number of nitrogens with zero attached hydrogens (tertiary/aromatic N) is 2. The van der Waals surface area contributed by atoms with Crippen LogP contribution in [0.5, 0.6) is 5.75 Å². The molecule has 1 aliphatic rings. The zero-order valence-corrected chi connectivity index (χ0v) is 18.0. The quantitative estimate of drug-likeness (QED) is 0.464. The van der Waals surface area contributed by atoms with E-state index in [1.54, 1.807) is 13.3 Å². The molecule has 0 aliphatic carbocycles. The van der Waals surface area contributed by atoms with Crippen molar-refractivity contribution < 1.29 is 9.53 Å². The van der Waals surface area contributed by atoms with Crippen molar-refractivity contribution in [2.45, 2.75) is 19.6 Å². The molecule has 0 unspecified atom stereocenters. The van der Waals surface area contributed by atoms with Crippen molar-refractivity contribution in [3.05, 3.63) is 101 Å². The molecule has 0 spiro atoms. The number of fused-ring (bicyclic) bond motifs is 1. The molecule has 1 atom stereocenters. The Hall–Kier alpha value is -4.06. The first-order chi connectivity index (χ1) is 15.6. The maximum atomic E-state index is 13.6. The van der Waals surface area contributed by atoms with Crippen LogP contribution in [0.15, 0.2) is 79.0 Å². The van der Waals surface area contributed by atoms with Gasteiger partial charge >= 0.3 is 0 Å². The van der Waals surface area contributed by atoms with Crippen LogP contribution in [-0.2, 0) is 6.54 Å². The zero-order chi connectivity index (χ0) is 22.1. The second-order valence-electron chi connectivity index (χ2n) is 7.94. The van der Waals surface area contributed by atoms with Crippen molar-refractivity contribution in [1.82, 2.24) is 15.1 Å². The van der Waals surface area contributed by atoms with Gasteiger partial charge in [0.25, 0.3) is 5.91 Å². The first kappa shape index (κ1) is 19.9. The van der Waals surface area contributed by atoms with Crippen LogP contribution in [0, 0.1) is 6.92 Å². The molecule has 5 rings (SSSR count). The summed E-state index contributed by atoms with van der Waals surface area (Å²) in [5.41, 5.74) is 6.51. The van der Waals surface area contributed by atoms with Crippen molar-refractivity contribution in [3.8, 4) is 17.0 Å². The number of hydrogen-bond donors (Lipinski definition) is 2. The third-order valence-corrected chi connectivity index (χ3v) is 5.84. The lowest BCUT2D eigenvalue weighted by Crippen LogP contribution is -2.42. The van der Waals surface area contributed by atoms with Gasteiger partial charge in [-0.25, -0.2) is 0 Å². The molecule has 2 N–H and O–H groups in total. The maximum absolute atomic E-state index is 13.6. The normalized spacial score (nSPS) is 15.2. The Labute approximate surface area is 186 Å². The molecule has 1 aromatic heterocycles. The number of anilines is 1. The highest BCUT2D eigenvalue weighted by Crippen LogP contribution is 2.37. The number of aromatic amines is 1. The number of para-hydroxylation sites is 1. The Balaban J connectivity index is 1.57. The number of methoxy groups -OCH3 is 1. The minimum Gasteiger partial charge on any atom is -0.497 e. The van der Waals surface area contributed by atoms with Crippen LogP contribution in [0.2, 0.25) is 0 Å². The smallest absolute Gasteiger partial charge is 0.258 e. The largest absolute Gasteiger partial charge is 0.497 e. The van der Waals surface area contributed by atoms with Gasteiger partial charge in [-0.1, -0.05) is 42.0 Å². The fourth-order valence-corrected chi connectivity index (χ4v) is 4.08. The molecule has 6 nitrogen and oxygen atoms in total. The van der Waals surface area contributed by atoms with Gasteiger partial charge in [-0.15, -0.1) is 0 Å². The number of carbonyl (C=O) groups excluding carboxylic acids is 1. The SMILES string of the molecule is COc1ccc(-c2[nH]ncc2[C@H]2Nc3ccccc3C(=O)N2Cc2ccc(C)cc2)cc1. The van der Waals surface area contributed by atoms with Crippen LogP contribution >= 0.6 is 0 Å². The van der Waals surface area contributed by atoms with E-state index in [2.05, 4.69) is 46.7 Å². The average molecular weight is 425 g/mol. The number of rotatable bonds is 5. The van der Waals surface area contributed by atoms with Gasteiger partial charge < -0.3 is 15.0 Å². The van der Waals surface area contributed by atoms with E-state index in [0.717, 1.165) is 33.8 Å². The average Bonchev–Trinajstić information content (AvgIpc) is 3.32. The van der Waals surface area contributed by atoms with Crippen molar-refractivity contribution in [2.24, 2.45) is 0 Å². The molecule has 0 bridgehead atoms. The highest BCUT2D eigenvalue weighted by Gasteiger charge is 2.34. The standard InChI is InChI=1S/C26H24N4O2/c1-17-7-9-18(10-8-17)16-30-25(28-23-6-4-3-5-21(23)26(30)31)22-15-27-29-24(22)19-11-13-20(32-2)14-12-19/h3-15,25,28H,16H2,1-2H3,(H,27,29)/t25-/m0/s1. The molecule has 1 aliphatic heterocycles. The molecule has 0 saturated carbocycles. The zero-order valence-electron chi connectivity index (χ0n) is 18.0. The number of ether oxygens (including phenoxy) is 1. The minimum absolute atomic E-state index is 0.00759. The van der Waals surface area contributed by atoms with E-state index in [1.165, 1.54) is 5.56 Å². The predicted molar refractivity (Wildman–Crippen MR) is 124 cm³/mol. The molecule has 1 amide bonds. The molecule has 32 heavy (non-hydrogen) atoms. The lowest BCUT2D eigenvalue weighted by molar-refractivity contribution is 0.0667. The second-order valence-corrected chi connectivity index (χ2v) is 7.94. The number of carbonyl (C=O) groups is 1. The van der Waals surface area contributed by atoms with Crippen molar-refractivity contribution in [2.75, 3.05) is 12.4 Å². The first-order valence-electron chi connectivity index (χ1n) is 10.5. The maximum Gasteiger partial charge on any atom is 0.258 e. The second kappa shape index (κ2) is 8.23. The number of amides is 1. The van der Waals surface area contributed by atoms with E-state index in [0.29, 0.717) is 12.1 Å². The lowest BCUT2D eigenvalue weighted by atomic mass is 10.00. The van der Waals surface area contributed by atoms with Crippen LogP contribution in [-0.4, -0.2) is 28.1 Å². The van der Waals surface area contributed by atoms with Gasteiger partial charge in [-0.3, -0.25) is 9.89 Å². The van der Waals surface area contributed by atoms with E-state index in [-0.39, 0.29) is 12.1 Å². The van der Waals surface area contributed by atoms with Crippen molar-refractivity contribution >= 4 is 11.6 Å². The predicted octanol–water partition coefficient (Wildman–Crippen LogP) is 5.16. The van der Waals surface area contributed by atoms with Crippen LogP contribution in [0.4, 0.5) is 5.69 Å². The fourth-order valence-electron chi connectivity index (χ4n) is 4.08. The molecule has 4 aromatic rings. The Morgan fingerprint density at radius 1 is 1.00 bits per heavy atom. The molecule has 3 aromatic carbocycles. The van der Waals surface area contributed by atoms with E-state index in [4.69, 9.17) is 4.74 Å². The summed E-state index contributed by atoms with van der Waals surface area (Å²) in [6.07, 6.45) is 1.43. The Morgan fingerprint density at radius 3 is 2.50 bits per heavy atom. The number of aryl methyl sites for hydroxylation is 1. The van der Waals surface area contributed by atoms with Gasteiger partial charge in [0.2, 0.25) is 0 Å². The minimum atomic E-state index is -0.366. The highest BCUT2D eigenvalue weighted by molar-refractivity contribution is 6.01. The molecule has 0 radical (unpaired) electrons. The van der Waals surface area contributed by atoms with Crippen LogP contribution < -0.4 is 10.1 Å². The number of nitrogens with one attached hydrogen (secondary N) is 2. The van der Waals surface area contributed by atoms with Crippen molar-refractivity contribution in [3.63, 3.8) is 0 Å². The summed E-state index contributed by atoms with van der Waals surface area (Å²) in [4.78, 5) is 15.4. The highest BCUT2D eigenvalue weighted by atomic mass is 16.5. The summed E-state index contributed by atoms with van der Waals surface area (Å²) in [5, 5.41) is 11.0. The first-order valence-corrected chi connectivity index (χ1v) is 10.5. The Kier molecular flexibility index (Phi) is 5.11. The monoisotopic (exact) mass is 424 g/mol. The molecule has 0 saturated heterocycles. The molecule has 0 fully saturated rings. The van der Waals surface area contributed by atoms with Gasteiger partial charge in [0.1, 0.15) is 11.9 Å². The number of benzene rings is 3. The van der Waals surface area contributed by atoms with E-state index in [9.17, 15) is 4.79 Å². The molecular weight excluding hydrogens is 400 g/mol. The Morgan fingerprint density at radius 2 is 1.75 bits per heavy atom. The summed E-state index contributed by atoms with van der Waals surface area (Å²) >= 11 is 0. The van der Waals surface area contributed by atoms with Crippen LogP contribution in [0.3, 0.4) is 0 Å². The van der Waals surface area contributed by atoms with Crippen LogP contribution in [0.1, 0.15) is 33.2 Å². The van der Waals surface area contributed by atoms with Gasteiger partial charge in [-0.2, -0.15) is 5.10 Å². The Bertz CT molecular complexity index is 1250. The summed E-state index contributed by atoms with van der Waals surface area (Å²) < 4.78 is 5.29. The molecular formula is C26H24N4O2. The molecule has 2 heterocycles. The number of H-pyrrole nitrogens is 1. The van der Waals surface area contributed by atoms with Gasteiger partial charge in [0, 0.05) is 23.4 Å². The van der Waals surface area contributed by atoms with Gasteiger partial charge in [0.15, 0.2) is 0 Å². The van der Waals surface area contributed by atoms with E-state index < -0.39 is 0 Å². The topological polar surface area (TPSA) is 70.2 Å². The third-order valence-electron chi connectivity index (χ3n) is 5.84. The molecule has 160 valence electrons. The van der Waals surface area contributed by atoms with Gasteiger partial charge in [0.05, 0.1) is 24.6 Å². The summed E-state index contributed by atoms with van der Waals surface area (Å²) in [6, 6.07) is 23.7. The third kappa shape index (κ3) is 3.60. The lowest BCUT2D eigenvalue weighted by Gasteiger charge is -2.38. The van der Waals surface area contributed by atoms with Gasteiger partial charge in [-0.05, 0) is 48.9 Å².